The molecule has 0 aliphatic rings. The molecule has 19 heavy (non-hydrogen) atoms. The van der Waals surface area contributed by atoms with Crippen LogP contribution in [0.5, 0.6) is 0 Å². The highest BCUT2D eigenvalue weighted by atomic mass is 79.9. The zero-order chi connectivity index (χ0) is 13.8. The van der Waals surface area contributed by atoms with Crippen molar-refractivity contribution >= 4 is 33.0 Å². The fourth-order valence-electron chi connectivity index (χ4n) is 1.60. The van der Waals surface area contributed by atoms with Crippen LogP contribution in [0.2, 0.25) is 0 Å². The van der Waals surface area contributed by atoms with Gasteiger partial charge in [0.15, 0.2) is 0 Å². The molecule has 0 aliphatic heterocycles. The van der Waals surface area contributed by atoms with Crippen molar-refractivity contribution in [2.45, 2.75) is 0 Å². The molecule has 5 heteroatoms. The largest absolute Gasteiger partial charge is 0.398 e. The van der Waals surface area contributed by atoms with Crippen molar-refractivity contribution in [3.8, 4) is 12.1 Å². The molecule has 0 saturated heterocycles. The number of nitriles is 2. The number of hydrogen-bond acceptors (Lipinski definition) is 4. The second kappa shape index (κ2) is 5.43. The van der Waals surface area contributed by atoms with Gasteiger partial charge in [-0.15, -0.1) is 0 Å². The number of nitrogens with one attached hydrogen (secondary N) is 1. The van der Waals surface area contributed by atoms with Crippen LogP contribution in [0, 0.1) is 22.7 Å². The minimum Gasteiger partial charge on any atom is -0.398 e. The lowest BCUT2D eigenvalue weighted by molar-refractivity contribution is 1.44. The van der Waals surface area contributed by atoms with E-state index in [-0.39, 0.29) is 0 Å². The van der Waals surface area contributed by atoms with E-state index < -0.39 is 0 Å². The maximum Gasteiger partial charge on any atom is 0.101 e. The zero-order valence-electron chi connectivity index (χ0n) is 9.81. The lowest BCUT2D eigenvalue weighted by atomic mass is 10.1. The van der Waals surface area contributed by atoms with Gasteiger partial charge in [-0.2, -0.15) is 10.5 Å². The Bertz CT molecular complexity index is 710. The number of benzene rings is 2. The maximum absolute atomic E-state index is 9.05. The van der Waals surface area contributed by atoms with Crippen LogP contribution < -0.4 is 11.1 Å². The standard InChI is InChI=1S/C14H9BrN4/c15-11-2-1-9(7-16)14(6-11)19-12-3-4-13(18)10(5-12)8-17/h1-6,19H,18H2. The van der Waals surface area contributed by atoms with Crippen molar-refractivity contribution < 1.29 is 0 Å². The molecular weight excluding hydrogens is 304 g/mol. The van der Waals surface area contributed by atoms with Crippen molar-refractivity contribution in [2.24, 2.45) is 0 Å². The highest BCUT2D eigenvalue weighted by Gasteiger charge is 2.05. The topological polar surface area (TPSA) is 85.6 Å². The Morgan fingerprint density at radius 2 is 1.74 bits per heavy atom. The molecule has 92 valence electrons. The summed E-state index contributed by atoms with van der Waals surface area (Å²) in [4.78, 5) is 0. The molecule has 2 aromatic carbocycles. The van der Waals surface area contributed by atoms with Gasteiger partial charge in [0.1, 0.15) is 12.1 Å². The normalized spacial score (nSPS) is 9.42. The van der Waals surface area contributed by atoms with Crippen LogP contribution in [-0.2, 0) is 0 Å². The summed E-state index contributed by atoms with van der Waals surface area (Å²) in [5.41, 5.74) is 8.40. The molecule has 0 spiro atoms. The third kappa shape index (κ3) is 2.85. The van der Waals surface area contributed by atoms with Gasteiger partial charge in [0.2, 0.25) is 0 Å². The first-order valence-corrected chi connectivity index (χ1v) is 6.19. The smallest absolute Gasteiger partial charge is 0.101 e. The second-order valence-electron chi connectivity index (χ2n) is 3.84. The van der Waals surface area contributed by atoms with Crippen LogP contribution in [0.15, 0.2) is 40.9 Å². The summed E-state index contributed by atoms with van der Waals surface area (Å²) in [5.74, 6) is 0. The lowest BCUT2D eigenvalue weighted by Gasteiger charge is -2.09. The summed E-state index contributed by atoms with van der Waals surface area (Å²) in [6.07, 6.45) is 0. The van der Waals surface area contributed by atoms with Gasteiger partial charge in [-0.1, -0.05) is 15.9 Å². The fourth-order valence-corrected chi connectivity index (χ4v) is 1.96. The highest BCUT2D eigenvalue weighted by molar-refractivity contribution is 9.10. The van der Waals surface area contributed by atoms with E-state index in [1.165, 1.54) is 0 Å². The molecule has 0 saturated carbocycles. The average molecular weight is 313 g/mol. The van der Waals surface area contributed by atoms with E-state index >= 15 is 0 Å². The molecule has 2 aromatic rings. The Hall–Kier alpha value is -2.50. The van der Waals surface area contributed by atoms with Gasteiger partial charge in [-0.05, 0) is 36.4 Å². The van der Waals surface area contributed by atoms with E-state index in [1.54, 1.807) is 36.4 Å². The van der Waals surface area contributed by atoms with Gasteiger partial charge in [-0.25, -0.2) is 0 Å². The third-order valence-electron chi connectivity index (χ3n) is 2.55. The van der Waals surface area contributed by atoms with Gasteiger partial charge in [0.05, 0.1) is 16.8 Å². The summed E-state index contributed by atoms with van der Waals surface area (Å²) in [6, 6.07) is 14.5. The Balaban J connectivity index is 2.40. The van der Waals surface area contributed by atoms with Crippen molar-refractivity contribution in [3.63, 3.8) is 0 Å². The lowest BCUT2D eigenvalue weighted by Crippen LogP contribution is -1.96. The summed E-state index contributed by atoms with van der Waals surface area (Å²) >= 11 is 3.36. The molecule has 0 atom stereocenters. The monoisotopic (exact) mass is 312 g/mol. The molecule has 2 rings (SSSR count). The van der Waals surface area contributed by atoms with E-state index in [0.717, 1.165) is 4.47 Å². The summed E-state index contributed by atoms with van der Waals surface area (Å²) in [5, 5.41) is 21.1. The minimum atomic E-state index is 0.401. The number of rotatable bonds is 2. The van der Waals surface area contributed by atoms with Gasteiger partial charge in [-0.3, -0.25) is 0 Å². The first-order valence-electron chi connectivity index (χ1n) is 5.40. The number of nitrogen functional groups attached to an aromatic ring is 1. The number of anilines is 3. The van der Waals surface area contributed by atoms with Gasteiger partial charge < -0.3 is 11.1 Å². The van der Waals surface area contributed by atoms with Crippen molar-refractivity contribution in [2.75, 3.05) is 11.1 Å². The molecule has 4 nitrogen and oxygen atoms in total. The molecule has 0 aromatic heterocycles. The van der Waals surface area contributed by atoms with Crippen LogP contribution in [0.1, 0.15) is 11.1 Å². The molecule has 0 unspecified atom stereocenters. The maximum atomic E-state index is 9.05. The molecular formula is C14H9BrN4. The molecule has 0 radical (unpaired) electrons. The highest BCUT2D eigenvalue weighted by Crippen LogP contribution is 2.26. The first-order chi connectivity index (χ1) is 9.13. The van der Waals surface area contributed by atoms with Crippen LogP contribution >= 0.6 is 15.9 Å². The minimum absolute atomic E-state index is 0.401. The van der Waals surface area contributed by atoms with Gasteiger partial charge >= 0.3 is 0 Å². The number of nitrogens with zero attached hydrogens (tertiary/aromatic N) is 2. The van der Waals surface area contributed by atoms with E-state index in [9.17, 15) is 0 Å². The average Bonchev–Trinajstić information content (AvgIpc) is 2.41. The third-order valence-corrected chi connectivity index (χ3v) is 3.05. The summed E-state index contributed by atoms with van der Waals surface area (Å²) in [7, 11) is 0. The molecule has 0 heterocycles. The number of nitrogens with two attached hydrogens (primary N) is 1. The van der Waals surface area contributed by atoms with E-state index in [4.69, 9.17) is 16.3 Å². The van der Waals surface area contributed by atoms with E-state index in [0.29, 0.717) is 28.2 Å². The van der Waals surface area contributed by atoms with Crippen LogP contribution in [0.4, 0.5) is 17.1 Å². The van der Waals surface area contributed by atoms with Gasteiger partial charge in [0, 0.05) is 15.8 Å². The van der Waals surface area contributed by atoms with Crippen LogP contribution in [0.3, 0.4) is 0 Å². The molecule has 0 bridgehead atoms. The van der Waals surface area contributed by atoms with E-state index in [2.05, 4.69) is 27.3 Å². The quantitative estimate of drug-likeness (QED) is 0.831. The summed E-state index contributed by atoms with van der Waals surface area (Å²) in [6.45, 7) is 0. The zero-order valence-corrected chi connectivity index (χ0v) is 11.4. The molecule has 0 fully saturated rings. The summed E-state index contributed by atoms with van der Waals surface area (Å²) < 4.78 is 0.866. The predicted molar refractivity (Wildman–Crippen MR) is 77.7 cm³/mol. The Morgan fingerprint density at radius 3 is 2.42 bits per heavy atom. The first kappa shape index (κ1) is 12.9. The number of hydrogen-bond donors (Lipinski definition) is 2. The van der Waals surface area contributed by atoms with Crippen molar-refractivity contribution in [1.82, 2.24) is 0 Å². The Kier molecular flexibility index (Phi) is 3.70. The van der Waals surface area contributed by atoms with Crippen molar-refractivity contribution in [3.05, 3.63) is 52.0 Å². The number of halogens is 1. The van der Waals surface area contributed by atoms with Crippen LogP contribution in [-0.4, -0.2) is 0 Å². The molecule has 3 N–H and O–H groups in total. The fraction of sp³-hybridized carbons (Fsp3) is 0. The Morgan fingerprint density at radius 1 is 1.00 bits per heavy atom. The van der Waals surface area contributed by atoms with Crippen molar-refractivity contribution in [1.29, 1.82) is 10.5 Å². The van der Waals surface area contributed by atoms with Gasteiger partial charge in [0.25, 0.3) is 0 Å². The molecule has 0 amide bonds. The second-order valence-corrected chi connectivity index (χ2v) is 4.76. The predicted octanol–water partition coefficient (Wildman–Crippen LogP) is 3.52. The SMILES string of the molecule is N#Cc1cc(Nc2cc(Br)ccc2C#N)ccc1N. The molecule has 0 aliphatic carbocycles. The van der Waals surface area contributed by atoms with E-state index in [1.807, 2.05) is 6.07 Å². The Labute approximate surface area is 119 Å². The van der Waals surface area contributed by atoms with Crippen LogP contribution in [0.25, 0.3) is 0 Å².